The van der Waals surface area contributed by atoms with E-state index in [0.717, 1.165) is 11.1 Å². The van der Waals surface area contributed by atoms with E-state index in [1.165, 1.54) is 9.58 Å². The molecule has 10 nitrogen and oxygen atoms in total. The Labute approximate surface area is 206 Å². The first-order chi connectivity index (χ1) is 17.3. The van der Waals surface area contributed by atoms with Crippen molar-refractivity contribution in [3.8, 4) is 28.7 Å². The van der Waals surface area contributed by atoms with E-state index < -0.39 is 17.5 Å². The van der Waals surface area contributed by atoms with Crippen LogP contribution in [0, 0.1) is 11.8 Å². The number of rotatable bonds is 5. The molecule has 36 heavy (non-hydrogen) atoms. The molecule has 4 aromatic rings. The molecule has 0 spiro atoms. The van der Waals surface area contributed by atoms with Gasteiger partial charge in [-0.05, 0) is 35.9 Å². The van der Waals surface area contributed by atoms with Crippen molar-refractivity contribution in [3.05, 3.63) is 66.1 Å². The lowest BCUT2D eigenvalue weighted by Gasteiger charge is -2.13. The summed E-state index contributed by atoms with van der Waals surface area (Å²) in [6, 6.07) is 12.4. The van der Waals surface area contributed by atoms with Crippen LogP contribution in [0.3, 0.4) is 0 Å². The van der Waals surface area contributed by atoms with Crippen LogP contribution in [-0.4, -0.2) is 77.5 Å². The highest BCUT2D eigenvalue weighted by molar-refractivity contribution is 6.03. The minimum atomic E-state index is -1.71. The molecule has 1 aliphatic heterocycles. The number of likely N-dealkylation sites (N-methyl/N-ethyl adjacent to an activating group) is 1. The average Bonchev–Trinajstić information content (AvgIpc) is 3.56. The number of carboxylic acids is 1. The molecule has 3 N–H and O–H groups in total. The molecule has 1 saturated heterocycles. The molecule has 0 bridgehead atoms. The number of fused-ring (bicyclic) bond motifs is 1. The van der Waals surface area contributed by atoms with E-state index in [-0.39, 0.29) is 18.7 Å². The summed E-state index contributed by atoms with van der Waals surface area (Å²) in [5, 5.41) is 38.5. The maximum Gasteiger partial charge on any atom is 0.357 e. The Morgan fingerprint density at radius 2 is 2.03 bits per heavy atom. The van der Waals surface area contributed by atoms with Crippen molar-refractivity contribution in [2.75, 3.05) is 20.2 Å². The van der Waals surface area contributed by atoms with E-state index in [2.05, 4.69) is 22.0 Å². The molecule has 182 valence electrons. The van der Waals surface area contributed by atoms with E-state index in [1.807, 2.05) is 6.07 Å². The topological polar surface area (TPSA) is 134 Å². The molecule has 1 fully saturated rings. The molecule has 10 heteroatoms. The molecule has 5 rings (SSSR count). The van der Waals surface area contributed by atoms with Crippen molar-refractivity contribution in [2.45, 2.75) is 18.6 Å². The molecule has 0 saturated carbocycles. The van der Waals surface area contributed by atoms with Gasteiger partial charge in [0.1, 0.15) is 0 Å². The standard InChI is InChI=1S/C26H23N5O5/c1-29-10-9-26(36,25(29)35)8-7-17-3-2-4-20(13-17)31-22-6-5-18(14-21(22)23(28-31)24(33)34)19-15-27-30(16-19)11-12-32/h2-6,13-16,32,36H,9-12H2,1H3,(H,33,34)/t26-/m0/s1. The van der Waals surface area contributed by atoms with Gasteiger partial charge in [-0.2, -0.15) is 10.2 Å². The highest BCUT2D eigenvalue weighted by atomic mass is 16.4. The molecule has 2 aromatic carbocycles. The first kappa shape index (κ1) is 23.3. The normalized spacial score (nSPS) is 17.4. The van der Waals surface area contributed by atoms with Crippen LogP contribution in [0.4, 0.5) is 0 Å². The van der Waals surface area contributed by atoms with Crippen molar-refractivity contribution in [1.82, 2.24) is 24.5 Å². The Kier molecular flexibility index (Phi) is 5.80. The van der Waals surface area contributed by atoms with Gasteiger partial charge in [0.15, 0.2) is 5.69 Å². The van der Waals surface area contributed by atoms with Gasteiger partial charge >= 0.3 is 5.97 Å². The third-order valence-electron chi connectivity index (χ3n) is 6.19. The fourth-order valence-corrected chi connectivity index (χ4v) is 4.25. The largest absolute Gasteiger partial charge is 0.476 e. The lowest BCUT2D eigenvalue weighted by molar-refractivity contribution is -0.137. The van der Waals surface area contributed by atoms with Crippen LogP contribution in [0.15, 0.2) is 54.9 Å². The summed E-state index contributed by atoms with van der Waals surface area (Å²) >= 11 is 0. The highest BCUT2D eigenvalue weighted by Crippen LogP contribution is 2.29. The number of likely N-dealkylation sites (tertiary alicyclic amines) is 1. The molecule has 0 aliphatic carbocycles. The summed E-state index contributed by atoms with van der Waals surface area (Å²) in [5.41, 5.74) is 1.49. The van der Waals surface area contributed by atoms with Crippen LogP contribution in [0.2, 0.25) is 0 Å². The zero-order valence-electron chi connectivity index (χ0n) is 19.4. The maximum absolute atomic E-state index is 12.2. The monoisotopic (exact) mass is 485 g/mol. The van der Waals surface area contributed by atoms with Crippen molar-refractivity contribution in [3.63, 3.8) is 0 Å². The lowest BCUT2D eigenvalue weighted by Crippen LogP contribution is -2.37. The summed E-state index contributed by atoms with van der Waals surface area (Å²) in [6.45, 7) is 0.764. The van der Waals surface area contributed by atoms with Gasteiger partial charge in [-0.25, -0.2) is 9.48 Å². The number of hydrogen-bond acceptors (Lipinski definition) is 6. The molecule has 1 amide bonds. The Balaban J connectivity index is 1.54. The summed E-state index contributed by atoms with van der Waals surface area (Å²) in [4.78, 5) is 25.6. The van der Waals surface area contributed by atoms with Crippen LogP contribution < -0.4 is 0 Å². The van der Waals surface area contributed by atoms with Crippen molar-refractivity contribution >= 4 is 22.8 Å². The number of nitrogens with zero attached hydrogens (tertiary/aromatic N) is 5. The quantitative estimate of drug-likeness (QED) is 0.365. The van der Waals surface area contributed by atoms with E-state index >= 15 is 0 Å². The Hall–Kier alpha value is -4.46. The predicted octanol–water partition coefficient (Wildman–Crippen LogP) is 1.52. The predicted molar refractivity (Wildman–Crippen MR) is 130 cm³/mol. The number of carbonyl (C=O) groups excluding carboxylic acids is 1. The van der Waals surface area contributed by atoms with Gasteiger partial charge in [-0.3, -0.25) is 9.48 Å². The second-order valence-electron chi connectivity index (χ2n) is 8.65. The number of amides is 1. The second kappa shape index (κ2) is 8.96. The van der Waals surface area contributed by atoms with Gasteiger partial charge in [0.2, 0.25) is 5.60 Å². The summed E-state index contributed by atoms with van der Waals surface area (Å²) in [6.07, 6.45) is 3.68. The molecule has 1 aliphatic rings. The molecule has 0 radical (unpaired) electrons. The number of carbonyl (C=O) groups is 2. The second-order valence-corrected chi connectivity index (χ2v) is 8.65. The van der Waals surface area contributed by atoms with Gasteiger partial charge in [0.05, 0.1) is 30.6 Å². The van der Waals surface area contributed by atoms with Crippen molar-refractivity contribution in [1.29, 1.82) is 0 Å². The summed E-state index contributed by atoms with van der Waals surface area (Å²) < 4.78 is 3.15. The first-order valence-corrected chi connectivity index (χ1v) is 11.3. The number of aliphatic hydroxyl groups excluding tert-OH is 1. The van der Waals surface area contributed by atoms with Gasteiger partial charge in [0.25, 0.3) is 5.91 Å². The van der Waals surface area contributed by atoms with Gasteiger partial charge < -0.3 is 20.2 Å². The molecule has 3 heterocycles. The third-order valence-corrected chi connectivity index (χ3v) is 6.19. The SMILES string of the molecule is CN1CC[C@@](O)(C#Cc2cccc(-n3nc(C(=O)O)c4cc(-c5cnn(CCO)c5)ccc43)c2)C1=O. The van der Waals surface area contributed by atoms with E-state index in [9.17, 15) is 19.8 Å². The van der Waals surface area contributed by atoms with Gasteiger partial charge in [0, 0.05) is 42.7 Å². The van der Waals surface area contributed by atoms with Crippen molar-refractivity contribution < 1.29 is 24.9 Å². The van der Waals surface area contributed by atoms with Gasteiger partial charge in [-0.15, -0.1) is 0 Å². The summed E-state index contributed by atoms with van der Waals surface area (Å²) in [5.74, 6) is 3.99. The molecular weight excluding hydrogens is 462 g/mol. The molecule has 2 aromatic heterocycles. The number of aromatic carboxylic acids is 1. The maximum atomic E-state index is 12.2. The Morgan fingerprint density at radius 1 is 1.19 bits per heavy atom. The molecule has 1 atom stereocenters. The Bertz CT molecular complexity index is 1560. The number of hydrogen-bond donors (Lipinski definition) is 3. The number of benzene rings is 2. The van der Waals surface area contributed by atoms with E-state index in [1.54, 1.807) is 60.5 Å². The number of aromatic nitrogens is 4. The fraction of sp³-hybridized carbons (Fsp3) is 0.231. The smallest absolute Gasteiger partial charge is 0.357 e. The average molecular weight is 486 g/mol. The zero-order chi connectivity index (χ0) is 25.4. The number of aliphatic hydroxyl groups is 2. The van der Waals surface area contributed by atoms with E-state index in [4.69, 9.17) is 5.11 Å². The minimum absolute atomic E-state index is 0.0355. The number of carboxylic acid groups (broad SMARTS) is 1. The van der Waals surface area contributed by atoms with Crippen molar-refractivity contribution in [2.24, 2.45) is 0 Å². The van der Waals surface area contributed by atoms with Crippen LogP contribution in [0.25, 0.3) is 27.7 Å². The van der Waals surface area contributed by atoms with E-state index in [0.29, 0.717) is 35.2 Å². The molecule has 0 unspecified atom stereocenters. The van der Waals surface area contributed by atoms with Crippen LogP contribution in [0.5, 0.6) is 0 Å². The highest BCUT2D eigenvalue weighted by Gasteiger charge is 2.42. The first-order valence-electron chi connectivity index (χ1n) is 11.3. The summed E-state index contributed by atoms with van der Waals surface area (Å²) in [7, 11) is 1.62. The van der Waals surface area contributed by atoms with Crippen LogP contribution in [-0.2, 0) is 11.3 Å². The van der Waals surface area contributed by atoms with Crippen LogP contribution >= 0.6 is 0 Å². The Morgan fingerprint density at radius 3 is 2.75 bits per heavy atom. The van der Waals surface area contributed by atoms with Gasteiger partial charge in [-0.1, -0.05) is 24.0 Å². The lowest BCUT2D eigenvalue weighted by atomic mass is 10.0. The van der Waals surface area contributed by atoms with Crippen LogP contribution in [0.1, 0.15) is 22.5 Å². The minimum Gasteiger partial charge on any atom is -0.476 e. The zero-order valence-corrected chi connectivity index (χ0v) is 19.4. The fourth-order valence-electron chi connectivity index (χ4n) is 4.25. The molecular formula is C26H23N5O5. The third kappa shape index (κ3) is 4.11.